The van der Waals surface area contributed by atoms with Crippen LogP contribution in [-0.2, 0) is 6.54 Å². The van der Waals surface area contributed by atoms with Gasteiger partial charge in [0.2, 0.25) is 0 Å². The van der Waals surface area contributed by atoms with E-state index in [9.17, 15) is 0 Å². The van der Waals surface area contributed by atoms with Crippen molar-refractivity contribution in [1.29, 1.82) is 0 Å². The number of rotatable bonds is 4. The Morgan fingerprint density at radius 2 is 1.70 bits per heavy atom. The molecule has 0 aliphatic rings. The van der Waals surface area contributed by atoms with E-state index in [4.69, 9.17) is 5.73 Å². The van der Waals surface area contributed by atoms with Crippen LogP contribution in [-0.4, -0.2) is 10.9 Å². The number of anilines is 1. The molecule has 0 bridgehead atoms. The van der Waals surface area contributed by atoms with Crippen LogP contribution in [0.4, 0.5) is 5.69 Å². The van der Waals surface area contributed by atoms with E-state index in [-0.39, 0.29) is 24.0 Å². The normalized spacial score (nSPS) is 10.9. The molecule has 0 saturated heterocycles. The Bertz CT molecular complexity index is 757. The molecule has 0 atom stereocenters. The van der Waals surface area contributed by atoms with Crippen molar-refractivity contribution in [3.8, 4) is 10.6 Å². The summed E-state index contributed by atoms with van der Waals surface area (Å²) in [5, 5.41) is 6.07. The Morgan fingerprint density at radius 3 is 2.39 bits per heavy atom. The van der Waals surface area contributed by atoms with Gasteiger partial charge in [0.25, 0.3) is 0 Å². The Morgan fingerprint density at radius 1 is 1.04 bits per heavy atom. The van der Waals surface area contributed by atoms with E-state index >= 15 is 0 Å². The highest BCUT2D eigenvalue weighted by atomic mass is 127. The van der Waals surface area contributed by atoms with Crippen LogP contribution >= 0.6 is 35.3 Å². The van der Waals surface area contributed by atoms with Crippen molar-refractivity contribution in [3.63, 3.8) is 0 Å². The largest absolute Gasteiger partial charge is 0.370 e. The molecule has 0 unspecified atom stereocenters. The Kier molecular flexibility index (Phi) is 6.54. The number of thiazole rings is 1. The molecule has 23 heavy (non-hydrogen) atoms. The van der Waals surface area contributed by atoms with Gasteiger partial charge in [-0.25, -0.2) is 9.98 Å². The van der Waals surface area contributed by atoms with Crippen LogP contribution in [0.25, 0.3) is 10.6 Å². The quantitative estimate of drug-likeness (QED) is 0.363. The van der Waals surface area contributed by atoms with E-state index < -0.39 is 0 Å². The Hall–Kier alpha value is -1.93. The van der Waals surface area contributed by atoms with Crippen molar-refractivity contribution in [1.82, 2.24) is 4.98 Å². The van der Waals surface area contributed by atoms with E-state index in [1.807, 2.05) is 53.9 Å². The highest BCUT2D eigenvalue weighted by Gasteiger charge is 2.04. The van der Waals surface area contributed by atoms with E-state index in [2.05, 4.69) is 27.4 Å². The molecule has 1 aromatic heterocycles. The number of nitrogens with two attached hydrogens (primary N) is 1. The molecule has 0 radical (unpaired) electrons. The maximum Gasteiger partial charge on any atom is 0.193 e. The zero-order valence-electron chi connectivity index (χ0n) is 12.3. The fourth-order valence-corrected chi connectivity index (χ4v) is 2.79. The van der Waals surface area contributed by atoms with Gasteiger partial charge in [-0.2, -0.15) is 0 Å². The van der Waals surface area contributed by atoms with Gasteiger partial charge >= 0.3 is 0 Å². The lowest BCUT2D eigenvalue weighted by atomic mass is 10.2. The highest BCUT2D eigenvalue weighted by Crippen LogP contribution is 2.23. The van der Waals surface area contributed by atoms with Gasteiger partial charge in [0.15, 0.2) is 5.96 Å². The molecule has 6 heteroatoms. The zero-order chi connectivity index (χ0) is 15.2. The van der Waals surface area contributed by atoms with Gasteiger partial charge in [0, 0.05) is 16.6 Å². The fraction of sp³-hybridized carbons (Fsp3) is 0.0588. The van der Waals surface area contributed by atoms with Crippen molar-refractivity contribution < 1.29 is 0 Å². The van der Waals surface area contributed by atoms with Crippen molar-refractivity contribution in [2.24, 2.45) is 10.7 Å². The molecule has 3 rings (SSSR count). The molecule has 3 aromatic rings. The molecule has 0 fully saturated rings. The van der Waals surface area contributed by atoms with Crippen LogP contribution in [0.2, 0.25) is 0 Å². The van der Waals surface area contributed by atoms with Gasteiger partial charge in [-0.1, -0.05) is 48.5 Å². The summed E-state index contributed by atoms with van der Waals surface area (Å²) in [7, 11) is 0. The standard InChI is InChI=1S/C17H16N4S.HI/c18-17(21-14-9-5-2-6-10-14)19-11-15-12-22-16(20-15)13-7-3-1-4-8-13;/h1-10,12H,11H2,(H3,18,19,21);1H. The predicted octanol–water partition coefficient (Wildman–Crippen LogP) is 4.35. The first-order valence-electron chi connectivity index (χ1n) is 6.93. The van der Waals surface area contributed by atoms with E-state index in [0.717, 1.165) is 22.0 Å². The van der Waals surface area contributed by atoms with E-state index in [1.54, 1.807) is 11.3 Å². The molecular weight excluding hydrogens is 419 g/mol. The second kappa shape index (κ2) is 8.64. The molecule has 118 valence electrons. The third-order valence-corrected chi connectivity index (χ3v) is 3.97. The van der Waals surface area contributed by atoms with Crippen molar-refractivity contribution in [2.75, 3.05) is 5.32 Å². The summed E-state index contributed by atoms with van der Waals surface area (Å²) in [6, 6.07) is 19.9. The second-order valence-corrected chi connectivity index (χ2v) is 5.56. The first-order chi connectivity index (χ1) is 10.8. The number of halogens is 1. The average molecular weight is 436 g/mol. The fourth-order valence-electron chi connectivity index (χ4n) is 1.97. The summed E-state index contributed by atoms with van der Waals surface area (Å²) in [5.41, 5.74) is 8.85. The molecule has 0 aliphatic carbocycles. The molecular formula is C17H17IN4S. The summed E-state index contributed by atoms with van der Waals surface area (Å²) in [6.07, 6.45) is 0. The summed E-state index contributed by atoms with van der Waals surface area (Å²) in [4.78, 5) is 8.91. The minimum atomic E-state index is 0. The average Bonchev–Trinajstić information content (AvgIpc) is 3.04. The van der Waals surface area contributed by atoms with Crippen LogP contribution < -0.4 is 11.1 Å². The predicted molar refractivity (Wildman–Crippen MR) is 108 cm³/mol. The van der Waals surface area contributed by atoms with Crippen LogP contribution in [0, 0.1) is 0 Å². The first kappa shape index (κ1) is 17.4. The number of guanidine groups is 1. The molecule has 2 aromatic carbocycles. The number of para-hydroxylation sites is 1. The maximum atomic E-state index is 5.89. The molecule has 1 heterocycles. The van der Waals surface area contributed by atoms with Gasteiger partial charge in [-0.05, 0) is 12.1 Å². The summed E-state index contributed by atoms with van der Waals surface area (Å²) < 4.78 is 0. The van der Waals surface area contributed by atoms with E-state index in [1.165, 1.54) is 0 Å². The smallest absolute Gasteiger partial charge is 0.193 e. The topological polar surface area (TPSA) is 63.3 Å². The third-order valence-electron chi connectivity index (χ3n) is 3.03. The SMILES string of the molecule is I.NC(=NCc1csc(-c2ccccc2)n1)Nc1ccccc1. The molecule has 0 amide bonds. The lowest BCUT2D eigenvalue weighted by molar-refractivity contribution is 1.01. The molecule has 0 saturated carbocycles. The number of hydrogen-bond donors (Lipinski definition) is 2. The van der Waals surface area contributed by atoms with Crippen LogP contribution in [0.5, 0.6) is 0 Å². The third kappa shape index (κ3) is 5.04. The molecule has 3 N–H and O–H groups in total. The number of nitrogens with one attached hydrogen (secondary N) is 1. The molecule has 0 aliphatic heterocycles. The first-order valence-corrected chi connectivity index (χ1v) is 7.81. The maximum absolute atomic E-state index is 5.89. The van der Waals surface area contributed by atoms with Crippen LogP contribution in [0.15, 0.2) is 71.0 Å². The number of benzene rings is 2. The lowest BCUT2D eigenvalue weighted by Crippen LogP contribution is -2.22. The van der Waals surface area contributed by atoms with Crippen LogP contribution in [0.3, 0.4) is 0 Å². The monoisotopic (exact) mass is 436 g/mol. The Labute approximate surface area is 156 Å². The van der Waals surface area contributed by atoms with Gasteiger partial charge < -0.3 is 11.1 Å². The summed E-state index contributed by atoms with van der Waals surface area (Å²) in [5.74, 6) is 0.389. The van der Waals surface area contributed by atoms with E-state index in [0.29, 0.717) is 12.5 Å². The van der Waals surface area contributed by atoms with Crippen molar-refractivity contribution >= 4 is 47.0 Å². The lowest BCUT2D eigenvalue weighted by Gasteiger charge is -2.04. The van der Waals surface area contributed by atoms with Gasteiger partial charge in [-0.15, -0.1) is 35.3 Å². The summed E-state index contributed by atoms with van der Waals surface area (Å²) in [6.45, 7) is 0.467. The summed E-state index contributed by atoms with van der Waals surface area (Å²) >= 11 is 1.62. The number of aromatic nitrogens is 1. The van der Waals surface area contributed by atoms with Gasteiger partial charge in [-0.3, -0.25) is 0 Å². The van der Waals surface area contributed by atoms with Crippen LogP contribution in [0.1, 0.15) is 5.69 Å². The minimum Gasteiger partial charge on any atom is -0.370 e. The molecule has 4 nitrogen and oxygen atoms in total. The van der Waals surface area contributed by atoms with Crippen molar-refractivity contribution in [2.45, 2.75) is 6.54 Å². The number of nitrogens with zero attached hydrogens (tertiary/aromatic N) is 2. The molecule has 0 spiro atoms. The number of hydrogen-bond acceptors (Lipinski definition) is 3. The minimum absolute atomic E-state index is 0. The van der Waals surface area contributed by atoms with Gasteiger partial charge in [0.05, 0.1) is 12.2 Å². The zero-order valence-corrected chi connectivity index (χ0v) is 15.5. The van der Waals surface area contributed by atoms with Crippen molar-refractivity contribution in [3.05, 3.63) is 71.7 Å². The van der Waals surface area contributed by atoms with Gasteiger partial charge in [0.1, 0.15) is 5.01 Å². The Balaban J connectivity index is 0.00000192. The number of aliphatic imine (C=N–C) groups is 1. The second-order valence-electron chi connectivity index (χ2n) is 4.70. The highest BCUT2D eigenvalue weighted by molar-refractivity contribution is 14.0.